The molecular formula is C12H20ClNS. The predicted octanol–water partition coefficient (Wildman–Crippen LogP) is 3.97. The van der Waals surface area contributed by atoms with E-state index >= 15 is 0 Å². The van der Waals surface area contributed by atoms with E-state index < -0.39 is 0 Å². The standard InChI is InChI=1S/C12H20ClNS/c1-4-9(2)10(3)14-8-7-11-5-6-12(13)15-11/h5-6,9-10,14H,4,7-8H2,1-3H3. The van der Waals surface area contributed by atoms with Gasteiger partial charge in [-0.25, -0.2) is 0 Å². The second kappa shape index (κ2) is 6.51. The van der Waals surface area contributed by atoms with Crippen LogP contribution in [0.25, 0.3) is 0 Å². The van der Waals surface area contributed by atoms with Crippen LogP contribution in [-0.2, 0) is 6.42 Å². The smallest absolute Gasteiger partial charge is 0.0931 e. The Kier molecular flexibility index (Phi) is 5.65. The topological polar surface area (TPSA) is 12.0 Å². The van der Waals surface area contributed by atoms with Crippen molar-refractivity contribution in [3.63, 3.8) is 0 Å². The van der Waals surface area contributed by atoms with Crippen LogP contribution in [0, 0.1) is 5.92 Å². The molecule has 1 aromatic rings. The van der Waals surface area contributed by atoms with Gasteiger partial charge in [0.1, 0.15) is 0 Å². The van der Waals surface area contributed by atoms with Gasteiger partial charge in [-0.1, -0.05) is 31.9 Å². The molecule has 0 aliphatic heterocycles. The molecule has 3 heteroatoms. The normalized spacial score (nSPS) is 15.2. The lowest BCUT2D eigenvalue weighted by atomic mass is 10.0. The fraction of sp³-hybridized carbons (Fsp3) is 0.667. The Balaban J connectivity index is 2.21. The summed E-state index contributed by atoms with van der Waals surface area (Å²) in [5.41, 5.74) is 0. The molecule has 0 aliphatic rings. The highest BCUT2D eigenvalue weighted by Crippen LogP contribution is 2.21. The van der Waals surface area contributed by atoms with Gasteiger partial charge in [-0.15, -0.1) is 11.3 Å². The maximum Gasteiger partial charge on any atom is 0.0931 e. The minimum atomic E-state index is 0.602. The van der Waals surface area contributed by atoms with E-state index in [0.29, 0.717) is 6.04 Å². The summed E-state index contributed by atoms with van der Waals surface area (Å²) in [5, 5.41) is 3.55. The minimum absolute atomic E-state index is 0.602. The van der Waals surface area contributed by atoms with Gasteiger partial charge in [-0.3, -0.25) is 0 Å². The molecule has 0 amide bonds. The average molecular weight is 246 g/mol. The summed E-state index contributed by atoms with van der Waals surface area (Å²) in [6, 6.07) is 4.69. The number of nitrogens with one attached hydrogen (secondary N) is 1. The van der Waals surface area contributed by atoms with Crippen molar-refractivity contribution in [2.24, 2.45) is 5.92 Å². The van der Waals surface area contributed by atoms with Crippen LogP contribution in [0.5, 0.6) is 0 Å². The SMILES string of the molecule is CCC(C)C(C)NCCc1ccc(Cl)s1. The van der Waals surface area contributed by atoms with Crippen molar-refractivity contribution in [1.29, 1.82) is 0 Å². The fourth-order valence-corrected chi connectivity index (χ4v) is 2.55. The molecule has 1 nitrogen and oxygen atoms in total. The van der Waals surface area contributed by atoms with Gasteiger partial charge >= 0.3 is 0 Å². The molecule has 2 unspecified atom stereocenters. The molecule has 86 valence electrons. The van der Waals surface area contributed by atoms with Gasteiger partial charge in [0.2, 0.25) is 0 Å². The van der Waals surface area contributed by atoms with E-state index in [1.807, 2.05) is 6.07 Å². The monoisotopic (exact) mass is 245 g/mol. The summed E-state index contributed by atoms with van der Waals surface area (Å²) in [5.74, 6) is 0.747. The molecule has 1 aromatic heterocycles. The van der Waals surface area contributed by atoms with E-state index in [1.165, 1.54) is 11.3 Å². The van der Waals surface area contributed by atoms with Crippen molar-refractivity contribution < 1.29 is 0 Å². The highest BCUT2D eigenvalue weighted by Gasteiger charge is 2.08. The first-order valence-corrected chi connectivity index (χ1v) is 6.80. The third-order valence-corrected chi connectivity index (χ3v) is 4.25. The Morgan fingerprint density at radius 2 is 2.13 bits per heavy atom. The van der Waals surface area contributed by atoms with E-state index in [2.05, 4.69) is 32.2 Å². The summed E-state index contributed by atoms with van der Waals surface area (Å²) in [4.78, 5) is 1.36. The zero-order valence-electron chi connectivity index (χ0n) is 9.72. The highest BCUT2D eigenvalue weighted by molar-refractivity contribution is 7.16. The Labute approximate surface area is 102 Å². The molecule has 2 atom stereocenters. The minimum Gasteiger partial charge on any atom is -0.314 e. The summed E-state index contributed by atoms with van der Waals surface area (Å²) < 4.78 is 0.889. The second-order valence-electron chi connectivity index (χ2n) is 4.08. The molecule has 1 N–H and O–H groups in total. The lowest BCUT2D eigenvalue weighted by Gasteiger charge is -2.19. The first-order chi connectivity index (χ1) is 7.13. The lowest BCUT2D eigenvalue weighted by Crippen LogP contribution is -2.33. The van der Waals surface area contributed by atoms with Crippen molar-refractivity contribution in [3.05, 3.63) is 21.3 Å². The quantitative estimate of drug-likeness (QED) is 0.800. The van der Waals surface area contributed by atoms with Crippen LogP contribution in [0.1, 0.15) is 32.1 Å². The van der Waals surface area contributed by atoms with Gasteiger partial charge in [0.25, 0.3) is 0 Å². The molecule has 1 rings (SSSR count). The number of hydrogen-bond acceptors (Lipinski definition) is 2. The molecule has 0 radical (unpaired) electrons. The Hall–Kier alpha value is -0.0500. The summed E-state index contributed by atoms with van der Waals surface area (Å²) >= 11 is 7.55. The van der Waals surface area contributed by atoms with Crippen molar-refractivity contribution in [2.45, 2.75) is 39.7 Å². The van der Waals surface area contributed by atoms with Crippen molar-refractivity contribution in [3.8, 4) is 0 Å². The van der Waals surface area contributed by atoms with E-state index in [-0.39, 0.29) is 0 Å². The predicted molar refractivity (Wildman–Crippen MR) is 70.0 cm³/mol. The molecule has 0 fully saturated rings. The molecule has 1 heterocycles. The van der Waals surface area contributed by atoms with Gasteiger partial charge in [-0.2, -0.15) is 0 Å². The molecule has 0 bridgehead atoms. The molecule has 15 heavy (non-hydrogen) atoms. The first kappa shape index (κ1) is 13.0. The summed E-state index contributed by atoms with van der Waals surface area (Å²) in [6.07, 6.45) is 2.32. The molecule has 0 aromatic carbocycles. The molecule has 0 saturated heterocycles. The summed E-state index contributed by atoms with van der Waals surface area (Å²) in [6.45, 7) is 7.83. The van der Waals surface area contributed by atoms with Crippen LogP contribution in [0.15, 0.2) is 12.1 Å². The van der Waals surface area contributed by atoms with Crippen LogP contribution in [0.3, 0.4) is 0 Å². The van der Waals surface area contributed by atoms with Gasteiger partial charge in [-0.05, 0) is 31.4 Å². The average Bonchev–Trinajstić information content (AvgIpc) is 2.63. The highest BCUT2D eigenvalue weighted by atomic mass is 35.5. The van der Waals surface area contributed by atoms with Crippen LogP contribution < -0.4 is 5.32 Å². The molecule has 0 saturated carbocycles. The number of rotatable bonds is 6. The van der Waals surface area contributed by atoms with Crippen LogP contribution >= 0.6 is 22.9 Å². The zero-order chi connectivity index (χ0) is 11.3. The maximum absolute atomic E-state index is 5.87. The van der Waals surface area contributed by atoms with Crippen molar-refractivity contribution in [2.75, 3.05) is 6.54 Å². The first-order valence-electron chi connectivity index (χ1n) is 5.61. The van der Waals surface area contributed by atoms with Crippen LogP contribution in [0.2, 0.25) is 4.34 Å². The third-order valence-electron chi connectivity index (χ3n) is 2.96. The van der Waals surface area contributed by atoms with Gasteiger partial charge in [0.15, 0.2) is 0 Å². The van der Waals surface area contributed by atoms with Crippen LogP contribution in [0.4, 0.5) is 0 Å². The van der Waals surface area contributed by atoms with Gasteiger partial charge in [0.05, 0.1) is 4.34 Å². The number of thiophene rings is 1. The Bertz CT molecular complexity index is 285. The fourth-order valence-electron chi connectivity index (χ4n) is 1.46. The van der Waals surface area contributed by atoms with Crippen molar-refractivity contribution in [1.82, 2.24) is 5.32 Å². The Morgan fingerprint density at radius 1 is 1.40 bits per heavy atom. The van der Waals surface area contributed by atoms with Gasteiger partial charge < -0.3 is 5.32 Å². The summed E-state index contributed by atoms with van der Waals surface area (Å²) in [7, 11) is 0. The van der Waals surface area contributed by atoms with E-state index in [4.69, 9.17) is 11.6 Å². The zero-order valence-corrected chi connectivity index (χ0v) is 11.3. The largest absolute Gasteiger partial charge is 0.314 e. The second-order valence-corrected chi connectivity index (χ2v) is 5.88. The lowest BCUT2D eigenvalue weighted by molar-refractivity contribution is 0.393. The van der Waals surface area contributed by atoms with Gasteiger partial charge in [0, 0.05) is 17.5 Å². The third kappa shape index (κ3) is 4.54. The van der Waals surface area contributed by atoms with E-state index in [1.54, 1.807) is 11.3 Å². The maximum atomic E-state index is 5.87. The molecule has 0 spiro atoms. The molecular weight excluding hydrogens is 226 g/mol. The van der Waals surface area contributed by atoms with E-state index in [0.717, 1.165) is 23.2 Å². The van der Waals surface area contributed by atoms with Crippen LogP contribution in [-0.4, -0.2) is 12.6 Å². The number of hydrogen-bond donors (Lipinski definition) is 1. The number of halogens is 1. The molecule has 0 aliphatic carbocycles. The van der Waals surface area contributed by atoms with Crippen molar-refractivity contribution >= 4 is 22.9 Å². The Morgan fingerprint density at radius 3 is 2.67 bits per heavy atom. The van der Waals surface area contributed by atoms with E-state index in [9.17, 15) is 0 Å².